The molecular weight excluding hydrogens is 448 g/mol. The van der Waals surface area contributed by atoms with E-state index >= 15 is 0 Å². The van der Waals surface area contributed by atoms with Gasteiger partial charge in [0, 0.05) is 17.4 Å². The van der Waals surface area contributed by atoms with Crippen molar-refractivity contribution in [3.05, 3.63) is 46.0 Å². The van der Waals surface area contributed by atoms with Crippen molar-refractivity contribution in [1.29, 1.82) is 0 Å². The van der Waals surface area contributed by atoms with Crippen LogP contribution < -0.4 is 10.5 Å². The molecule has 0 unspecified atom stereocenters. The van der Waals surface area contributed by atoms with E-state index in [1.807, 2.05) is 6.07 Å². The molecule has 10 heteroatoms. The maximum Gasteiger partial charge on any atom is 0.314 e. The van der Waals surface area contributed by atoms with Gasteiger partial charge in [-0.05, 0) is 61.5 Å². The number of ether oxygens (including phenoxy) is 1. The van der Waals surface area contributed by atoms with Gasteiger partial charge in [0.2, 0.25) is 0 Å². The van der Waals surface area contributed by atoms with Gasteiger partial charge >= 0.3 is 5.69 Å². The minimum absolute atomic E-state index is 0.0823. The van der Waals surface area contributed by atoms with E-state index < -0.39 is 0 Å². The van der Waals surface area contributed by atoms with Crippen molar-refractivity contribution in [2.75, 3.05) is 12.3 Å². The van der Waals surface area contributed by atoms with Gasteiger partial charge in [-0.1, -0.05) is 13.0 Å². The molecule has 0 amide bonds. The third-order valence-corrected chi connectivity index (χ3v) is 8.76. The first-order valence-corrected chi connectivity index (χ1v) is 12.3. The lowest BCUT2D eigenvalue weighted by atomic mass is 9.55. The number of nitro benzene ring substituents is 1. The number of nitro groups is 1. The summed E-state index contributed by atoms with van der Waals surface area (Å²) in [6.45, 7) is 2.78. The molecule has 2 heterocycles. The second kappa shape index (κ2) is 8.00. The number of Topliss-reactive ketones (excluding diaryl/α,β-unsaturated/α-hetero) is 1. The van der Waals surface area contributed by atoms with Gasteiger partial charge in [0.25, 0.3) is 0 Å². The Morgan fingerprint density at radius 2 is 2.09 bits per heavy atom. The third kappa shape index (κ3) is 3.30. The van der Waals surface area contributed by atoms with Crippen molar-refractivity contribution < 1.29 is 14.5 Å². The summed E-state index contributed by atoms with van der Waals surface area (Å²) in [5.74, 6) is 2.09. The van der Waals surface area contributed by atoms with Gasteiger partial charge in [0.15, 0.2) is 17.2 Å². The van der Waals surface area contributed by atoms with Gasteiger partial charge < -0.3 is 15.0 Å². The van der Waals surface area contributed by atoms with Crippen LogP contribution in [0.5, 0.6) is 5.75 Å². The zero-order valence-corrected chi connectivity index (χ0v) is 19.6. The number of imidazole rings is 1. The highest BCUT2D eigenvalue weighted by molar-refractivity contribution is 5.87. The molecule has 0 radical (unpaired) electrons. The Bertz CT molecular complexity index is 1350. The quantitative estimate of drug-likeness (QED) is 0.433. The number of nitrogens with two attached hydrogens (primary N) is 1. The van der Waals surface area contributed by atoms with Crippen molar-refractivity contribution >= 4 is 28.5 Å². The molecule has 1 aromatic carbocycles. The van der Waals surface area contributed by atoms with E-state index in [4.69, 9.17) is 10.5 Å². The zero-order valence-electron chi connectivity index (χ0n) is 19.6. The van der Waals surface area contributed by atoms with Gasteiger partial charge in [0.1, 0.15) is 24.2 Å². The molecule has 4 atom stereocenters. The lowest BCUT2D eigenvalue weighted by Crippen LogP contribution is -2.42. The molecule has 3 aromatic rings. The first kappa shape index (κ1) is 21.9. The molecule has 2 saturated carbocycles. The fourth-order valence-electron chi connectivity index (χ4n) is 7.03. The fraction of sp³-hybridized carbons (Fsp3) is 0.520. The molecule has 3 aliphatic carbocycles. The summed E-state index contributed by atoms with van der Waals surface area (Å²) in [5, 5.41) is 12.2. The Kier molecular flexibility index (Phi) is 5.01. The van der Waals surface area contributed by atoms with E-state index in [0.717, 1.165) is 36.8 Å². The first-order valence-electron chi connectivity index (χ1n) is 12.3. The van der Waals surface area contributed by atoms with E-state index in [1.54, 1.807) is 17.0 Å². The van der Waals surface area contributed by atoms with E-state index in [2.05, 4.69) is 21.9 Å². The smallest absolute Gasteiger partial charge is 0.314 e. The summed E-state index contributed by atoms with van der Waals surface area (Å²) in [6.07, 6.45) is 7.94. The average Bonchev–Trinajstić information content (AvgIpc) is 3.40. The minimum atomic E-state index is -0.304. The van der Waals surface area contributed by atoms with Crippen molar-refractivity contribution in [2.45, 2.75) is 57.9 Å². The number of carbonyl (C=O) groups excluding carboxylic acids is 1. The monoisotopic (exact) mass is 476 g/mol. The number of anilines is 1. The largest absolute Gasteiger partial charge is 0.485 e. The maximum absolute atomic E-state index is 12.6. The molecule has 2 N–H and O–H groups in total. The van der Waals surface area contributed by atoms with Crippen LogP contribution in [-0.2, 0) is 17.8 Å². The normalized spacial score (nSPS) is 27.3. The second-order valence-electron chi connectivity index (χ2n) is 10.3. The van der Waals surface area contributed by atoms with Crippen LogP contribution in [0.2, 0.25) is 0 Å². The van der Waals surface area contributed by atoms with Crippen molar-refractivity contribution in [2.24, 2.45) is 17.3 Å². The molecule has 10 nitrogen and oxygen atoms in total. The van der Waals surface area contributed by atoms with Gasteiger partial charge in [0.05, 0.1) is 17.8 Å². The first-order chi connectivity index (χ1) is 16.9. The molecule has 3 aliphatic rings. The Labute approximate surface area is 202 Å². The van der Waals surface area contributed by atoms with Crippen LogP contribution >= 0.6 is 0 Å². The topological polar surface area (TPSA) is 139 Å². The fourth-order valence-corrected chi connectivity index (χ4v) is 7.03. The van der Waals surface area contributed by atoms with E-state index in [-0.39, 0.29) is 28.6 Å². The average molecular weight is 477 g/mol. The number of hydrogen-bond acceptors (Lipinski definition) is 8. The predicted molar refractivity (Wildman–Crippen MR) is 128 cm³/mol. The Morgan fingerprint density at radius 3 is 2.91 bits per heavy atom. The van der Waals surface area contributed by atoms with Crippen molar-refractivity contribution in [3.63, 3.8) is 0 Å². The van der Waals surface area contributed by atoms with Crippen molar-refractivity contribution in [1.82, 2.24) is 19.5 Å². The molecule has 182 valence electrons. The van der Waals surface area contributed by atoms with E-state index in [9.17, 15) is 14.9 Å². The predicted octanol–water partition coefficient (Wildman–Crippen LogP) is 3.82. The highest BCUT2D eigenvalue weighted by atomic mass is 16.6. The summed E-state index contributed by atoms with van der Waals surface area (Å²) in [7, 11) is 0. The SMILES string of the molecule is C[C@]12CC[C@@H]3c4ccc(OCCn5cnc6c(N)ncnc65)c([N+](=O)[O-])c4CC[C@H]3[C@@H]1CCC2=O. The number of rotatable bonds is 5. The number of ketones is 1. The summed E-state index contributed by atoms with van der Waals surface area (Å²) < 4.78 is 7.74. The number of fused-ring (bicyclic) bond motifs is 6. The molecule has 0 bridgehead atoms. The molecule has 0 saturated heterocycles. The zero-order chi connectivity index (χ0) is 24.3. The Balaban J connectivity index is 1.25. The molecule has 2 fully saturated rings. The summed E-state index contributed by atoms with van der Waals surface area (Å²) in [5.41, 5.74) is 8.72. The molecule has 35 heavy (non-hydrogen) atoms. The van der Waals surface area contributed by atoms with E-state index in [0.29, 0.717) is 59.7 Å². The molecule has 6 rings (SSSR count). The highest BCUT2D eigenvalue weighted by Gasteiger charge is 2.55. The van der Waals surface area contributed by atoms with Crippen LogP contribution in [0.15, 0.2) is 24.8 Å². The molecule has 0 spiro atoms. The Morgan fingerprint density at radius 1 is 1.23 bits per heavy atom. The molecular formula is C25H28N6O4. The number of hydrogen-bond donors (Lipinski definition) is 1. The van der Waals surface area contributed by atoms with E-state index in [1.165, 1.54) is 6.33 Å². The Hall–Kier alpha value is -3.56. The highest BCUT2D eigenvalue weighted by Crippen LogP contribution is 2.60. The number of benzene rings is 1. The van der Waals surface area contributed by atoms with Crippen LogP contribution in [0, 0.1) is 27.4 Å². The standard InChI is InChI=1S/C25H28N6O4/c1-25-9-8-15-14-4-6-19(35-11-10-30-13-29-21-23(26)27-12-28-24(21)30)22(31(33)34)17(14)3-2-16(15)18(25)5-7-20(25)32/h4,6,12-13,15-16,18H,2-3,5,7-11H2,1H3,(H2,26,27,28)/t15-,16-,18+,25+/m1/s1. The summed E-state index contributed by atoms with van der Waals surface area (Å²) in [4.78, 5) is 36.9. The number of carbonyl (C=O) groups is 1. The van der Waals surface area contributed by atoms with Gasteiger partial charge in [-0.25, -0.2) is 15.0 Å². The van der Waals surface area contributed by atoms with Crippen LogP contribution in [0.3, 0.4) is 0 Å². The minimum Gasteiger partial charge on any atom is -0.485 e. The molecule has 2 aromatic heterocycles. The van der Waals surface area contributed by atoms with Crippen molar-refractivity contribution in [3.8, 4) is 5.75 Å². The van der Waals surface area contributed by atoms with Gasteiger partial charge in [-0.15, -0.1) is 0 Å². The number of nitrogen functional groups attached to an aromatic ring is 1. The van der Waals surface area contributed by atoms with Crippen LogP contribution in [0.4, 0.5) is 11.5 Å². The van der Waals surface area contributed by atoms with Gasteiger partial charge in [-0.3, -0.25) is 14.9 Å². The lowest BCUT2D eigenvalue weighted by molar-refractivity contribution is -0.386. The van der Waals surface area contributed by atoms with Crippen LogP contribution in [-0.4, -0.2) is 36.8 Å². The summed E-state index contributed by atoms with van der Waals surface area (Å²) >= 11 is 0. The molecule has 0 aliphatic heterocycles. The number of nitrogens with zero attached hydrogens (tertiary/aromatic N) is 5. The van der Waals surface area contributed by atoms with Gasteiger partial charge in [-0.2, -0.15) is 0 Å². The second-order valence-corrected chi connectivity index (χ2v) is 10.3. The number of aromatic nitrogens is 4. The lowest BCUT2D eigenvalue weighted by Gasteiger charge is -2.48. The summed E-state index contributed by atoms with van der Waals surface area (Å²) in [6, 6.07) is 3.77. The van der Waals surface area contributed by atoms with Crippen LogP contribution in [0.1, 0.15) is 56.1 Å². The maximum atomic E-state index is 12.6. The van der Waals surface area contributed by atoms with Crippen LogP contribution in [0.25, 0.3) is 11.2 Å². The third-order valence-electron chi connectivity index (χ3n) is 8.76.